The molecule has 0 saturated carbocycles. The molecule has 94 valence electrons. The second kappa shape index (κ2) is 5.49. The standard InChI is InChI=1S/C14H16N2O2/c1-3-18-14(17)11(2)12-6-4-7-13(10-12)16-9-5-8-15-16/h4-11H,3H2,1-2H3. The Balaban J connectivity index is 2.25. The van der Waals surface area contributed by atoms with Crippen molar-refractivity contribution in [2.75, 3.05) is 6.61 Å². The number of rotatable bonds is 4. The SMILES string of the molecule is CCOC(=O)C(C)c1cccc(-n2cccn2)c1. The molecule has 0 bridgehead atoms. The van der Waals surface area contributed by atoms with Gasteiger partial charge in [-0.25, -0.2) is 4.68 Å². The molecule has 4 heteroatoms. The maximum Gasteiger partial charge on any atom is 0.313 e. The molecular weight excluding hydrogens is 228 g/mol. The van der Waals surface area contributed by atoms with Crippen LogP contribution in [-0.4, -0.2) is 22.4 Å². The van der Waals surface area contributed by atoms with Gasteiger partial charge in [0.05, 0.1) is 18.2 Å². The van der Waals surface area contributed by atoms with E-state index in [-0.39, 0.29) is 11.9 Å². The second-order valence-electron chi connectivity index (χ2n) is 4.02. The van der Waals surface area contributed by atoms with Crippen LogP contribution in [0.2, 0.25) is 0 Å². The number of hydrogen-bond donors (Lipinski definition) is 0. The van der Waals surface area contributed by atoms with Crippen LogP contribution in [0.25, 0.3) is 5.69 Å². The van der Waals surface area contributed by atoms with Gasteiger partial charge in [-0.3, -0.25) is 4.79 Å². The van der Waals surface area contributed by atoms with Gasteiger partial charge >= 0.3 is 5.97 Å². The summed E-state index contributed by atoms with van der Waals surface area (Å²) in [5.41, 5.74) is 1.87. The number of benzene rings is 1. The van der Waals surface area contributed by atoms with E-state index >= 15 is 0 Å². The Hall–Kier alpha value is -2.10. The summed E-state index contributed by atoms with van der Waals surface area (Å²) in [7, 11) is 0. The summed E-state index contributed by atoms with van der Waals surface area (Å²) in [4.78, 5) is 11.7. The number of carbonyl (C=O) groups excluding carboxylic acids is 1. The summed E-state index contributed by atoms with van der Waals surface area (Å²) >= 11 is 0. The Bertz CT molecular complexity index is 520. The number of nitrogens with zero attached hydrogens (tertiary/aromatic N) is 2. The zero-order valence-corrected chi connectivity index (χ0v) is 10.5. The first-order chi connectivity index (χ1) is 8.72. The van der Waals surface area contributed by atoms with Gasteiger partial charge in [-0.15, -0.1) is 0 Å². The maximum atomic E-state index is 11.7. The van der Waals surface area contributed by atoms with E-state index in [0.29, 0.717) is 6.61 Å². The van der Waals surface area contributed by atoms with Crippen molar-refractivity contribution in [3.8, 4) is 5.69 Å². The molecule has 4 nitrogen and oxygen atoms in total. The average Bonchev–Trinajstić information content (AvgIpc) is 2.92. The highest BCUT2D eigenvalue weighted by molar-refractivity contribution is 5.77. The third-order valence-electron chi connectivity index (χ3n) is 2.78. The zero-order chi connectivity index (χ0) is 13.0. The van der Waals surface area contributed by atoms with E-state index in [1.807, 2.05) is 50.4 Å². The van der Waals surface area contributed by atoms with Gasteiger partial charge in [-0.1, -0.05) is 12.1 Å². The quantitative estimate of drug-likeness (QED) is 0.776. The Morgan fingerprint density at radius 1 is 1.44 bits per heavy atom. The minimum Gasteiger partial charge on any atom is -0.466 e. The second-order valence-corrected chi connectivity index (χ2v) is 4.02. The predicted molar refractivity (Wildman–Crippen MR) is 68.6 cm³/mol. The zero-order valence-electron chi connectivity index (χ0n) is 10.5. The molecule has 1 aromatic heterocycles. The topological polar surface area (TPSA) is 44.1 Å². The highest BCUT2D eigenvalue weighted by Crippen LogP contribution is 2.19. The van der Waals surface area contributed by atoms with Crippen LogP contribution in [0.3, 0.4) is 0 Å². The van der Waals surface area contributed by atoms with Crippen molar-refractivity contribution < 1.29 is 9.53 Å². The number of ether oxygens (including phenoxy) is 1. The van der Waals surface area contributed by atoms with Crippen molar-refractivity contribution in [2.45, 2.75) is 19.8 Å². The number of hydrogen-bond acceptors (Lipinski definition) is 3. The lowest BCUT2D eigenvalue weighted by molar-refractivity contribution is -0.144. The molecule has 1 aromatic carbocycles. The molecule has 0 radical (unpaired) electrons. The minimum absolute atomic E-state index is 0.199. The highest BCUT2D eigenvalue weighted by atomic mass is 16.5. The summed E-state index contributed by atoms with van der Waals surface area (Å²) in [6.07, 6.45) is 3.59. The third-order valence-corrected chi connectivity index (χ3v) is 2.78. The van der Waals surface area contributed by atoms with Crippen molar-refractivity contribution >= 4 is 5.97 Å². The third kappa shape index (κ3) is 2.59. The van der Waals surface area contributed by atoms with E-state index in [9.17, 15) is 4.79 Å². The van der Waals surface area contributed by atoms with Crippen LogP contribution >= 0.6 is 0 Å². The maximum absolute atomic E-state index is 11.7. The molecule has 0 aliphatic rings. The van der Waals surface area contributed by atoms with Crippen molar-refractivity contribution in [1.82, 2.24) is 9.78 Å². The first-order valence-electron chi connectivity index (χ1n) is 5.99. The molecule has 0 N–H and O–H groups in total. The smallest absolute Gasteiger partial charge is 0.313 e. The van der Waals surface area contributed by atoms with E-state index in [4.69, 9.17) is 4.74 Å². The van der Waals surface area contributed by atoms with Crippen molar-refractivity contribution in [3.05, 3.63) is 48.3 Å². The van der Waals surface area contributed by atoms with Crippen molar-refractivity contribution in [2.24, 2.45) is 0 Å². The largest absolute Gasteiger partial charge is 0.466 e. The molecule has 0 amide bonds. The molecule has 0 spiro atoms. The van der Waals surface area contributed by atoms with Gasteiger partial charge in [-0.2, -0.15) is 5.10 Å². The summed E-state index contributed by atoms with van der Waals surface area (Å²) in [5, 5.41) is 4.17. The van der Waals surface area contributed by atoms with Crippen LogP contribution in [-0.2, 0) is 9.53 Å². The van der Waals surface area contributed by atoms with Crippen LogP contribution in [0.15, 0.2) is 42.7 Å². The molecule has 1 unspecified atom stereocenters. The Morgan fingerprint density at radius 3 is 2.94 bits per heavy atom. The first-order valence-corrected chi connectivity index (χ1v) is 5.99. The van der Waals surface area contributed by atoms with Gasteiger partial charge in [0.1, 0.15) is 0 Å². The Kier molecular flexibility index (Phi) is 3.77. The molecule has 1 heterocycles. The van der Waals surface area contributed by atoms with Crippen LogP contribution in [0.5, 0.6) is 0 Å². The Morgan fingerprint density at radius 2 is 2.28 bits per heavy atom. The predicted octanol–water partition coefficient (Wildman–Crippen LogP) is 2.54. The van der Waals surface area contributed by atoms with Crippen LogP contribution in [0, 0.1) is 0 Å². The normalized spacial score (nSPS) is 12.1. The molecule has 1 atom stereocenters. The number of esters is 1. The summed E-state index contributed by atoms with van der Waals surface area (Å²) in [5.74, 6) is -0.462. The van der Waals surface area contributed by atoms with Gasteiger partial charge in [0.25, 0.3) is 0 Å². The van der Waals surface area contributed by atoms with E-state index in [2.05, 4.69) is 5.10 Å². The van der Waals surface area contributed by atoms with Gasteiger partial charge in [0, 0.05) is 12.4 Å². The van der Waals surface area contributed by atoms with E-state index < -0.39 is 0 Å². The lowest BCUT2D eigenvalue weighted by atomic mass is 10.0. The molecule has 2 rings (SSSR count). The summed E-state index contributed by atoms with van der Waals surface area (Å²) in [6, 6.07) is 9.61. The van der Waals surface area contributed by atoms with Crippen LogP contribution in [0.1, 0.15) is 25.3 Å². The van der Waals surface area contributed by atoms with Gasteiger partial charge in [0.2, 0.25) is 0 Å². The number of aromatic nitrogens is 2. The summed E-state index contributed by atoms with van der Waals surface area (Å²) < 4.78 is 6.79. The van der Waals surface area contributed by atoms with E-state index in [1.54, 1.807) is 10.9 Å². The minimum atomic E-state index is -0.263. The fourth-order valence-corrected chi connectivity index (χ4v) is 1.76. The molecule has 0 aliphatic carbocycles. The first kappa shape index (κ1) is 12.4. The average molecular weight is 244 g/mol. The monoisotopic (exact) mass is 244 g/mol. The van der Waals surface area contributed by atoms with Gasteiger partial charge in [-0.05, 0) is 37.6 Å². The lowest BCUT2D eigenvalue weighted by Gasteiger charge is -2.12. The van der Waals surface area contributed by atoms with Crippen LogP contribution in [0.4, 0.5) is 0 Å². The molecule has 0 saturated heterocycles. The highest BCUT2D eigenvalue weighted by Gasteiger charge is 2.16. The summed E-state index contributed by atoms with van der Waals surface area (Å²) in [6.45, 7) is 4.06. The molecular formula is C14H16N2O2. The van der Waals surface area contributed by atoms with Crippen LogP contribution < -0.4 is 0 Å². The number of carbonyl (C=O) groups is 1. The lowest BCUT2D eigenvalue weighted by Crippen LogP contribution is -2.13. The molecule has 2 aromatic rings. The Labute approximate surface area is 106 Å². The molecule has 0 fully saturated rings. The fraction of sp³-hybridized carbons (Fsp3) is 0.286. The molecule has 18 heavy (non-hydrogen) atoms. The fourth-order valence-electron chi connectivity index (χ4n) is 1.76. The van der Waals surface area contributed by atoms with Gasteiger partial charge < -0.3 is 4.74 Å². The van der Waals surface area contributed by atoms with E-state index in [1.165, 1.54) is 0 Å². The van der Waals surface area contributed by atoms with Gasteiger partial charge in [0.15, 0.2) is 0 Å². The van der Waals surface area contributed by atoms with E-state index in [0.717, 1.165) is 11.3 Å². The molecule has 0 aliphatic heterocycles. The van der Waals surface area contributed by atoms with Crippen molar-refractivity contribution in [1.29, 1.82) is 0 Å². The van der Waals surface area contributed by atoms with Crippen molar-refractivity contribution in [3.63, 3.8) is 0 Å².